The van der Waals surface area contributed by atoms with E-state index < -0.39 is 11.0 Å². The Kier molecular flexibility index (Phi) is 4.96. The molecule has 19 heavy (non-hydrogen) atoms. The van der Waals surface area contributed by atoms with Crippen molar-refractivity contribution >= 4 is 34.2 Å². The van der Waals surface area contributed by atoms with E-state index in [-0.39, 0.29) is 11.8 Å². The van der Waals surface area contributed by atoms with Gasteiger partial charge in [-0.25, -0.2) is 8.51 Å². The first-order valence-electron chi connectivity index (χ1n) is 6.22. The molecule has 1 fully saturated rings. The fourth-order valence-electron chi connectivity index (χ4n) is 2.19. The Morgan fingerprint density at radius 1 is 1.47 bits per heavy atom. The van der Waals surface area contributed by atoms with Crippen LogP contribution >= 0.6 is 11.6 Å². The monoisotopic (exact) mass is 300 g/mol. The van der Waals surface area contributed by atoms with Crippen molar-refractivity contribution in [1.82, 2.24) is 4.31 Å². The normalized spacial score (nSPS) is 21.9. The summed E-state index contributed by atoms with van der Waals surface area (Å²) in [4.78, 5) is 12.2. The zero-order valence-electron chi connectivity index (χ0n) is 10.8. The molecule has 1 aliphatic heterocycles. The van der Waals surface area contributed by atoms with Gasteiger partial charge in [0.15, 0.2) is 0 Å². The van der Waals surface area contributed by atoms with E-state index in [4.69, 9.17) is 11.6 Å². The van der Waals surface area contributed by atoms with Crippen LogP contribution in [0.15, 0.2) is 24.3 Å². The van der Waals surface area contributed by atoms with Gasteiger partial charge >= 0.3 is 0 Å². The van der Waals surface area contributed by atoms with Crippen LogP contribution in [0.2, 0.25) is 5.02 Å². The second-order valence-corrected chi connectivity index (χ2v) is 6.39. The number of rotatable bonds is 3. The van der Waals surface area contributed by atoms with Crippen molar-refractivity contribution in [2.45, 2.75) is 12.8 Å². The maximum Gasteiger partial charge on any atom is 0.228 e. The Labute approximate surface area is 120 Å². The molecule has 2 atom stereocenters. The number of carbonyl (C=O) groups is 1. The van der Waals surface area contributed by atoms with Gasteiger partial charge in [-0.1, -0.05) is 23.7 Å². The van der Waals surface area contributed by atoms with Gasteiger partial charge in [-0.05, 0) is 25.0 Å². The highest BCUT2D eigenvalue weighted by Crippen LogP contribution is 2.23. The molecule has 0 spiro atoms. The molecule has 1 N–H and O–H groups in total. The Bertz CT molecular complexity index is 495. The van der Waals surface area contributed by atoms with Crippen LogP contribution in [0.1, 0.15) is 12.8 Å². The zero-order chi connectivity index (χ0) is 13.8. The molecule has 0 aromatic heterocycles. The first-order chi connectivity index (χ1) is 9.08. The highest BCUT2D eigenvalue weighted by molar-refractivity contribution is 7.81. The van der Waals surface area contributed by atoms with Crippen LogP contribution in [0.4, 0.5) is 5.69 Å². The van der Waals surface area contributed by atoms with Crippen LogP contribution in [-0.4, -0.2) is 33.8 Å². The molecule has 0 bridgehead atoms. The van der Waals surface area contributed by atoms with E-state index in [0.717, 1.165) is 19.4 Å². The number of halogens is 1. The van der Waals surface area contributed by atoms with Crippen LogP contribution in [0.5, 0.6) is 0 Å². The van der Waals surface area contributed by atoms with E-state index in [1.807, 2.05) is 16.4 Å². The highest BCUT2D eigenvalue weighted by atomic mass is 35.5. The van der Waals surface area contributed by atoms with Crippen LogP contribution in [0, 0.1) is 5.92 Å². The summed E-state index contributed by atoms with van der Waals surface area (Å²) in [5, 5.41) is 3.37. The van der Waals surface area contributed by atoms with Crippen molar-refractivity contribution in [3.63, 3.8) is 0 Å². The third kappa shape index (κ3) is 3.78. The number of amides is 1. The minimum absolute atomic E-state index is 0.0525. The number of hydrogen-bond donors (Lipinski definition) is 1. The Morgan fingerprint density at radius 3 is 2.89 bits per heavy atom. The van der Waals surface area contributed by atoms with E-state index >= 15 is 0 Å². The number of nitrogens with zero attached hydrogens (tertiary/aromatic N) is 1. The molecule has 2 rings (SSSR count). The average Bonchev–Trinajstić information content (AvgIpc) is 2.41. The molecule has 4 nitrogen and oxygen atoms in total. The number of benzene rings is 1. The molecule has 1 aromatic rings. The summed E-state index contributed by atoms with van der Waals surface area (Å²) in [6, 6.07) is 7.17. The van der Waals surface area contributed by atoms with E-state index in [0.29, 0.717) is 17.3 Å². The van der Waals surface area contributed by atoms with Gasteiger partial charge in [0.2, 0.25) is 5.91 Å². The van der Waals surface area contributed by atoms with Crippen LogP contribution in [0.3, 0.4) is 0 Å². The number of hydrogen-bond acceptors (Lipinski definition) is 2. The van der Waals surface area contributed by atoms with Gasteiger partial charge in [0.1, 0.15) is 0 Å². The molecule has 1 amide bonds. The lowest BCUT2D eigenvalue weighted by Crippen LogP contribution is -2.41. The van der Waals surface area contributed by atoms with Crippen LogP contribution < -0.4 is 5.32 Å². The van der Waals surface area contributed by atoms with Gasteiger partial charge in [0, 0.05) is 19.3 Å². The summed E-state index contributed by atoms with van der Waals surface area (Å²) < 4.78 is 13.3. The topological polar surface area (TPSA) is 49.4 Å². The SMILES string of the molecule is CS(=O)N1CCCC(C(=O)Nc2ccccc2Cl)C1. The van der Waals surface area contributed by atoms with Crippen molar-refractivity contribution in [3.8, 4) is 0 Å². The minimum atomic E-state index is -1.01. The average molecular weight is 301 g/mol. The van der Waals surface area contributed by atoms with E-state index in [1.54, 1.807) is 18.4 Å². The van der Waals surface area contributed by atoms with Crippen molar-refractivity contribution in [2.75, 3.05) is 24.7 Å². The van der Waals surface area contributed by atoms with Gasteiger partial charge in [-0.3, -0.25) is 4.79 Å². The fraction of sp³-hybridized carbons (Fsp3) is 0.462. The Balaban J connectivity index is 2.00. The lowest BCUT2D eigenvalue weighted by Gasteiger charge is -2.29. The second kappa shape index (κ2) is 6.50. The fourth-order valence-corrected chi connectivity index (χ4v) is 3.15. The van der Waals surface area contributed by atoms with Crippen molar-refractivity contribution in [2.24, 2.45) is 5.92 Å². The molecular weight excluding hydrogens is 284 g/mol. The third-order valence-electron chi connectivity index (χ3n) is 3.25. The Hall–Kier alpha value is -0.910. The minimum Gasteiger partial charge on any atom is -0.324 e. The molecule has 1 saturated heterocycles. The zero-order valence-corrected chi connectivity index (χ0v) is 12.3. The van der Waals surface area contributed by atoms with Crippen molar-refractivity contribution in [3.05, 3.63) is 29.3 Å². The summed E-state index contributed by atoms with van der Waals surface area (Å²) in [7, 11) is -1.01. The first kappa shape index (κ1) is 14.5. The number of para-hydroxylation sites is 1. The number of carbonyl (C=O) groups excluding carboxylic acids is 1. The molecule has 0 aliphatic carbocycles. The largest absolute Gasteiger partial charge is 0.324 e. The summed E-state index contributed by atoms with van der Waals surface area (Å²) in [6.07, 6.45) is 3.36. The lowest BCUT2D eigenvalue weighted by molar-refractivity contribution is -0.120. The van der Waals surface area contributed by atoms with Gasteiger partial charge in [-0.15, -0.1) is 0 Å². The Morgan fingerprint density at radius 2 is 2.21 bits per heavy atom. The third-order valence-corrected chi connectivity index (χ3v) is 4.64. The smallest absolute Gasteiger partial charge is 0.228 e. The highest BCUT2D eigenvalue weighted by Gasteiger charge is 2.27. The molecule has 104 valence electrons. The van der Waals surface area contributed by atoms with Gasteiger partial charge in [0.05, 0.1) is 27.6 Å². The molecule has 2 unspecified atom stereocenters. The standard InChI is InChI=1S/C13H17ClN2O2S/c1-19(18)16-8-4-5-10(9-16)13(17)15-12-7-3-2-6-11(12)14/h2-3,6-7,10H,4-5,8-9H2,1H3,(H,15,17). The molecule has 1 heterocycles. The number of anilines is 1. The summed E-state index contributed by atoms with van der Waals surface area (Å²) in [5.74, 6) is -0.183. The van der Waals surface area contributed by atoms with Crippen LogP contribution in [0.25, 0.3) is 0 Å². The molecule has 1 aromatic carbocycles. The molecular formula is C13H17ClN2O2S. The predicted octanol–water partition coefficient (Wildman–Crippen LogP) is 2.28. The van der Waals surface area contributed by atoms with Crippen molar-refractivity contribution in [1.29, 1.82) is 0 Å². The maximum atomic E-state index is 12.2. The van der Waals surface area contributed by atoms with E-state index in [1.165, 1.54) is 0 Å². The summed E-state index contributed by atoms with van der Waals surface area (Å²) in [5.41, 5.74) is 0.629. The first-order valence-corrected chi connectivity index (χ1v) is 8.11. The second-order valence-electron chi connectivity index (χ2n) is 4.62. The van der Waals surface area contributed by atoms with Crippen LogP contribution in [-0.2, 0) is 15.8 Å². The maximum absolute atomic E-state index is 12.2. The van der Waals surface area contributed by atoms with Gasteiger partial charge < -0.3 is 5.32 Å². The molecule has 0 saturated carbocycles. The number of piperidine rings is 1. The van der Waals surface area contributed by atoms with E-state index in [9.17, 15) is 9.00 Å². The summed E-state index contributed by atoms with van der Waals surface area (Å²) >= 11 is 6.01. The lowest BCUT2D eigenvalue weighted by atomic mass is 9.99. The van der Waals surface area contributed by atoms with Crippen molar-refractivity contribution < 1.29 is 9.00 Å². The van der Waals surface area contributed by atoms with Gasteiger partial charge in [-0.2, -0.15) is 0 Å². The van der Waals surface area contributed by atoms with E-state index in [2.05, 4.69) is 5.32 Å². The van der Waals surface area contributed by atoms with Gasteiger partial charge in [0.25, 0.3) is 0 Å². The summed E-state index contributed by atoms with van der Waals surface area (Å²) in [6.45, 7) is 1.33. The quantitative estimate of drug-likeness (QED) is 0.931. The molecule has 1 aliphatic rings. The predicted molar refractivity (Wildman–Crippen MR) is 78.4 cm³/mol. The molecule has 0 radical (unpaired) electrons. The number of nitrogens with one attached hydrogen (secondary N) is 1. The molecule has 6 heteroatoms.